The number of ketones is 1. The van der Waals surface area contributed by atoms with E-state index in [2.05, 4.69) is 4.98 Å². The minimum absolute atomic E-state index is 0.0628. The first-order valence-corrected chi connectivity index (χ1v) is 8.11. The number of ether oxygens (including phenoxy) is 1. The molecule has 0 amide bonds. The van der Waals surface area contributed by atoms with Crippen LogP contribution in [0.5, 0.6) is 5.75 Å². The lowest BCUT2D eigenvalue weighted by atomic mass is 10.1. The number of rotatable bonds is 7. The van der Waals surface area contributed by atoms with E-state index in [1.807, 2.05) is 41.1 Å². The van der Waals surface area contributed by atoms with E-state index in [9.17, 15) is 9.90 Å². The van der Waals surface area contributed by atoms with Gasteiger partial charge in [0.15, 0.2) is 5.78 Å². The number of para-hydroxylation sites is 1. The Morgan fingerprint density at radius 3 is 2.64 bits per heavy atom. The van der Waals surface area contributed by atoms with Crippen LogP contribution in [0.1, 0.15) is 17.3 Å². The van der Waals surface area contributed by atoms with Crippen LogP contribution in [-0.2, 0) is 6.54 Å². The summed E-state index contributed by atoms with van der Waals surface area (Å²) in [5.74, 6) is 0.428. The average Bonchev–Trinajstić information content (AvgIpc) is 3.09. The van der Waals surface area contributed by atoms with Crippen LogP contribution in [-0.4, -0.2) is 33.2 Å². The molecule has 2 aromatic carbocycles. The fourth-order valence-corrected chi connectivity index (χ4v) is 2.58. The number of aliphatic hydroxyl groups is 1. The summed E-state index contributed by atoms with van der Waals surface area (Å²) in [7, 11) is 0. The van der Waals surface area contributed by atoms with E-state index < -0.39 is 6.10 Å². The Kier molecular flexibility index (Phi) is 5.26. The highest BCUT2D eigenvalue weighted by Crippen LogP contribution is 2.19. The SMILES string of the molecule is CC(=O)c1ccccc1OCC(O)Cn1cnc(-c2ccccc2)c1. The Hall–Kier alpha value is -2.92. The van der Waals surface area contributed by atoms with Crippen LogP contribution >= 0.6 is 0 Å². The highest BCUT2D eigenvalue weighted by Gasteiger charge is 2.11. The second-order valence-electron chi connectivity index (χ2n) is 5.84. The molecule has 1 unspecified atom stereocenters. The summed E-state index contributed by atoms with van der Waals surface area (Å²) in [6, 6.07) is 16.9. The van der Waals surface area contributed by atoms with E-state index in [4.69, 9.17) is 4.74 Å². The molecule has 0 radical (unpaired) electrons. The van der Waals surface area contributed by atoms with Gasteiger partial charge in [-0.25, -0.2) is 4.98 Å². The summed E-state index contributed by atoms with van der Waals surface area (Å²) in [5.41, 5.74) is 2.40. The standard InChI is InChI=1S/C20H20N2O3/c1-15(23)18-9-5-6-10-20(18)25-13-17(24)11-22-12-19(21-14-22)16-7-3-2-4-8-16/h2-10,12,14,17,24H,11,13H2,1H3. The highest BCUT2D eigenvalue weighted by atomic mass is 16.5. The van der Waals surface area contributed by atoms with Crippen LogP contribution in [0.2, 0.25) is 0 Å². The van der Waals surface area contributed by atoms with Crippen molar-refractivity contribution < 1.29 is 14.6 Å². The molecule has 0 aliphatic rings. The first kappa shape index (κ1) is 16.9. The zero-order valence-corrected chi connectivity index (χ0v) is 14.0. The van der Waals surface area contributed by atoms with Gasteiger partial charge in [-0.2, -0.15) is 0 Å². The van der Waals surface area contributed by atoms with Crippen LogP contribution in [0.15, 0.2) is 67.1 Å². The average molecular weight is 336 g/mol. The van der Waals surface area contributed by atoms with Crippen molar-refractivity contribution in [3.05, 3.63) is 72.7 Å². The lowest BCUT2D eigenvalue weighted by Gasteiger charge is -2.14. The Morgan fingerprint density at radius 2 is 1.88 bits per heavy atom. The number of benzene rings is 2. The van der Waals surface area contributed by atoms with E-state index in [0.29, 0.717) is 17.9 Å². The third-order valence-electron chi connectivity index (χ3n) is 3.82. The molecule has 5 nitrogen and oxygen atoms in total. The molecule has 0 aliphatic heterocycles. The third-order valence-corrected chi connectivity index (χ3v) is 3.82. The maximum absolute atomic E-state index is 11.6. The maximum Gasteiger partial charge on any atom is 0.163 e. The smallest absolute Gasteiger partial charge is 0.163 e. The Bertz CT molecular complexity index is 843. The Balaban J connectivity index is 1.59. The van der Waals surface area contributed by atoms with Gasteiger partial charge in [0, 0.05) is 11.8 Å². The summed E-state index contributed by atoms with van der Waals surface area (Å²) in [4.78, 5) is 15.9. The fourth-order valence-electron chi connectivity index (χ4n) is 2.58. The van der Waals surface area contributed by atoms with Gasteiger partial charge in [-0.05, 0) is 19.1 Å². The number of carbonyl (C=O) groups excluding carboxylic acids is 1. The number of aromatic nitrogens is 2. The zero-order chi connectivity index (χ0) is 17.6. The fraction of sp³-hybridized carbons (Fsp3) is 0.200. The molecule has 0 bridgehead atoms. The third kappa shape index (κ3) is 4.33. The molecule has 0 aliphatic carbocycles. The molecule has 5 heteroatoms. The van der Waals surface area contributed by atoms with Gasteiger partial charge < -0.3 is 14.4 Å². The summed E-state index contributed by atoms with van der Waals surface area (Å²) >= 11 is 0. The van der Waals surface area contributed by atoms with E-state index in [-0.39, 0.29) is 12.4 Å². The van der Waals surface area contributed by atoms with Gasteiger partial charge in [0.05, 0.1) is 24.1 Å². The minimum atomic E-state index is -0.710. The Labute approximate surface area is 146 Å². The van der Waals surface area contributed by atoms with Gasteiger partial charge >= 0.3 is 0 Å². The molecule has 3 aromatic rings. The Morgan fingerprint density at radius 1 is 1.16 bits per heavy atom. The maximum atomic E-state index is 11.6. The van der Waals surface area contributed by atoms with E-state index in [1.165, 1.54) is 6.92 Å². The largest absolute Gasteiger partial charge is 0.490 e. The van der Waals surface area contributed by atoms with Gasteiger partial charge in [0.2, 0.25) is 0 Å². The molecule has 1 aromatic heterocycles. The monoisotopic (exact) mass is 336 g/mol. The van der Waals surface area contributed by atoms with Crippen LogP contribution < -0.4 is 4.74 Å². The van der Waals surface area contributed by atoms with Gasteiger partial charge in [0.1, 0.15) is 18.5 Å². The van der Waals surface area contributed by atoms with Crippen LogP contribution in [0, 0.1) is 0 Å². The first-order chi connectivity index (χ1) is 12.1. The number of hydrogen-bond donors (Lipinski definition) is 1. The zero-order valence-electron chi connectivity index (χ0n) is 14.0. The predicted octanol–water partition coefficient (Wildman–Crippen LogP) is 3.19. The van der Waals surface area contributed by atoms with E-state index in [0.717, 1.165) is 11.3 Å². The minimum Gasteiger partial charge on any atom is -0.490 e. The van der Waals surface area contributed by atoms with Crippen molar-refractivity contribution in [2.24, 2.45) is 0 Å². The molecule has 1 N–H and O–H groups in total. The first-order valence-electron chi connectivity index (χ1n) is 8.11. The summed E-state index contributed by atoms with van der Waals surface area (Å²) < 4.78 is 7.45. The van der Waals surface area contributed by atoms with Gasteiger partial charge in [-0.3, -0.25) is 4.79 Å². The highest BCUT2D eigenvalue weighted by molar-refractivity contribution is 5.96. The number of carbonyl (C=O) groups is 1. The van der Waals surface area contributed by atoms with E-state index in [1.54, 1.807) is 30.6 Å². The second-order valence-corrected chi connectivity index (χ2v) is 5.84. The van der Waals surface area contributed by atoms with Crippen molar-refractivity contribution in [2.75, 3.05) is 6.61 Å². The molecule has 0 spiro atoms. The lowest BCUT2D eigenvalue weighted by Crippen LogP contribution is -2.23. The summed E-state index contributed by atoms with van der Waals surface area (Å²) in [5, 5.41) is 10.2. The number of nitrogens with zero attached hydrogens (tertiary/aromatic N) is 2. The molecule has 25 heavy (non-hydrogen) atoms. The topological polar surface area (TPSA) is 64.3 Å². The summed E-state index contributed by atoms with van der Waals surface area (Å²) in [6.45, 7) is 1.96. The molecule has 0 saturated carbocycles. The lowest BCUT2D eigenvalue weighted by molar-refractivity contribution is 0.0897. The molecule has 0 fully saturated rings. The molecular formula is C20H20N2O3. The molecule has 128 valence electrons. The van der Waals surface area contributed by atoms with Crippen molar-refractivity contribution in [1.82, 2.24) is 9.55 Å². The van der Waals surface area contributed by atoms with Gasteiger partial charge in [-0.15, -0.1) is 0 Å². The number of hydrogen-bond acceptors (Lipinski definition) is 4. The van der Waals surface area contributed by atoms with Crippen LogP contribution in [0.25, 0.3) is 11.3 Å². The number of aliphatic hydroxyl groups excluding tert-OH is 1. The second kappa shape index (κ2) is 7.77. The predicted molar refractivity (Wildman–Crippen MR) is 95.6 cm³/mol. The molecular weight excluding hydrogens is 316 g/mol. The van der Waals surface area contributed by atoms with Crippen LogP contribution in [0.3, 0.4) is 0 Å². The molecule has 1 heterocycles. The van der Waals surface area contributed by atoms with Crippen molar-refractivity contribution in [2.45, 2.75) is 19.6 Å². The van der Waals surface area contributed by atoms with Crippen molar-refractivity contribution in [3.63, 3.8) is 0 Å². The quantitative estimate of drug-likeness (QED) is 0.673. The van der Waals surface area contributed by atoms with Crippen molar-refractivity contribution in [3.8, 4) is 17.0 Å². The van der Waals surface area contributed by atoms with Crippen LogP contribution in [0.4, 0.5) is 0 Å². The normalized spacial score (nSPS) is 11.9. The van der Waals surface area contributed by atoms with Gasteiger partial charge in [-0.1, -0.05) is 42.5 Å². The van der Waals surface area contributed by atoms with Gasteiger partial charge in [0.25, 0.3) is 0 Å². The summed E-state index contributed by atoms with van der Waals surface area (Å²) in [6.07, 6.45) is 2.87. The molecule has 1 atom stereocenters. The van der Waals surface area contributed by atoms with Crippen molar-refractivity contribution >= 4 is 5.78 Å². The number of imidazole rings is 1. The number of Topliss-reactive ketones (excluding diaryl/α,β-unsaturated/α-hetero) is 1. The molecule has 3 rings (SSSR count). The molecule has 0 saturated heterocycles. The van der Waals surface area contributed by atoms with Crippen molar-refractivity contribution in [1.29, 1.82) is 0 Å². The van der Waals surface area contributed by atoms with E-state index >= 15 is 0 Å².